The summed E-state index contributed by atoms with van der Waals surface area (Å²) < 4.78 is 31.1. The minimum absolute atomic E-state index is 0.0835. The lowest BCUT2D eigenvalue weighted by atomic mass is 10.0. The first-order valence-corrected chi connectivity index (χ1v) is 11.0. The molecule has 154 valence electrons. The number of rotatable bonds is 3. The number of fused-ring (bicyclic) bond motifs is 2. The number of hydrogen-bond donors (Lipinski definition) is 0. The molecule has 9 nitrogen and oxygen atoms in total. The van der Waals surface area contributed by atoms with E-state index in [1.165, 1.54) is 4.31 Å². The van der Waals surface area contributed by atoms with Crippen LogP contribution in [0.25, 0.3) is 22.2 Å². The van der Waals surface area contributed by atoms with E-state index in [0.29, 0.717) is 24.4 Å². The maximum absolute atomic E-state index is 13.1. The second-order valence-corrected chi connectivity index (χ2v) is 9.48. The van der Waals surface area contributed by atoms with Gasteiger partial charge in [-0.3, -0.25) is 4.68 Å². The van der Waals surface area contributed by atoms with E-state index in [4.69, 9.17) is 4.98 Å². The molecule has 5 heterocycles. The maximum Gasteiger partial charge on any atom is 0.262 e. The summed E-state index contributed by atoms with van der Waals surface area (Å²) in [4.78, 5) is 13.4. The molecule has 0 bridgehead atoms. The van der Waals surface area contributed by atoms with Gasteiger partial charge in [0.15, 0.2) is 10.7 Å². The summed E-state index contributed by atoms with van der Waals surface area (Å²) in [6, 6.07) is 4.01. The van der Waals surface area contributed by atoms with Gasteiger partial charge in [-0.15, -0.1) is 0 Å². The van der Waals surface area contributed by atoms with Gasteiger partial charge in [-0.2, -0.15) is 9.40 Å². The lowest BCUT2D eigenvalue weighted by molar-refractivity contribution is 0.387. The third kappa shape index (κ3) is 3.08. The lowest BCUT2D eigenvalue weighted by Crippen LogP contribution is -2.36. The van der Waals surface area contributed by atoms with Crippen LogP contribution in [0, 0.1) is 6.92 Å². The van der Waals surface area contributed by atoms with Crippen molar-refractivity contribution in [3.8, 4) is 11.1 Å². The fraction of sp³-hybridized carbons (Fsp3) is 0.300. The molecule has 0 saturated heterocycles. The highest BCUT2D eigenvalue weighted by Gasteiger charge is 2.31. The fourth-order valence-corrected chi connectivity index (χ4v) is 5.16. The Morgan fingerprint density at radius 1 is 1.03 bits per heavy atom. The number of nitrogens with zero attached hydrogens (tertiary/aromatic N) is 7. The third-order valence-corrected chi connectivity index (χ3v) is 7.23. The third-order valence-electron chi connectivity index (χ3n) is 5.51. The summed E-state index contributed by atoms with van der Waals surface area (Å²) in [5, 5.41) is 5.17. The highest BCUT2D eigenvalue weighted by molar-refractivity contribution is 7.89. The number of pyridine rings is 2. The Balaban J connectivity index is 1.51. The predicted molar refractivity (Wildman–Crippen MR) is 111 cm³/mol. The van der Waals surface area contributed by atoms with Crippen molar-refractivity contribution in [1.82, 2.24) is 33.6 Å². The number of hydrogen-bond acceptors (Lipinski definition) is 6. The molecule has 0 saturated carbocycles. The number of aryl methyl sites for hydroxylation is 3. The molecule has 0 aromatic carbocycles. The number of aromatic nitrogens is 6. The Labute approximate surface area is 174 Å². The van der Waals surface area contributed by atoms with Crippen LogP contribution >= 0.6 is 0 Å². The van der Waals surface area contributed by atoms with Crippen molar-refractivity contribution in [2.75, 3.05) is 6.54 Å². The van der Waals surface area contributed by atoms with Gasteiger partial charge in [-0.05, 0) is 24.6 Å². The molecule has 0 unspecified atom stereocenters. The molecule has 0 aliphatic carbocycles. The molecule has 0 N–H and O–H groups in total. The zero-order chi connectivity index (χ0) is 21.0. The number of imidazole rings is 1. The van der Waals surface area contributed by atoms with Crippen molar-refractivity contribution in [1.29, 1.82) is 0 Å². The van der Waals surface area contributed by atoms with E-state index >= 15 is 0 Å². The lowest BCUT2D eigenvalue weighted by Gasteiger charge is -2.27. The molecule has 0 radical (unpaired) electrons. The van der Waals surface area contributed by atoms with Gasteiger partial charge in [0, 0.05) is 74.4 Å². The minimum atomic E-state index is -3.66. The van der Waals surface area contributed by atoms with Crippen LogP contribution in [0.4, 0.5) is 0 Å². The molecule has 4 aromatic heterocycles. The molecule has 0 spiro atoms. The molecular formula is C20H21N7O2S. The second kappa shape index (κ2) is 6.71. The summed E-state index contributed by atoms with van der Waals surface area (Å²) in [6.45, 7) is 2.43. The Kier molecular flexibility index (Phi) is 4.23. The quantitative estimate of drug-likeness (QED) is 0.498. The van der Waals surface area contributed by atoms with E-state index in [0.717, 1.165) is 27.8 Å². The highest BCUT2D eigenvalue weighted by Crippen LogP contribution is 2.28. The maximum atomic E-state index is 13.1. The normalized spacial score (nSPS) is 14.9. The number of sulfonamides is 1. The van der Waals surface area contributed by atoms with Crippen LogP contribution in [-0.2, 0) is 37.1 Å². The van der Waals surface area contributed by atoms with Crippen LogP contribution in [0.5, 0.6) is 0 Å². The van der Waals surface area contributed by atoms with Crippen molar-refractivity contribution >= 4 is 21.1 Å². The van der Waals surface area contributed by atoms with Gasteiger partial charge in [-0.25, -0.2) is 23.4 Å². The predicted octanol–water partition coefficient (Wildman–Crippen LogP) is 1.82. The summed E-state index contributed by atoms with van der Waals surface area (Å²) in [5.74, 6) is 0.660. The zero-order valence-corrected chi connectivity index (χ0v) is 17.8. The van der Waals surface area contributed by atoms with Crippen LogP contribution in [0.1, 0.15) is 17.1 Å². The van der Waals surface area contributed by atoms with Crippen LogP contribution in [0.3, 0.4) is 0 Å². The zero-order valence-electron chi connectivity index (χ0n) is 16.9. The minimum Gasteiger partial charge on any atom is -0.337 e. The van der Waals surface area contributed by atoms with Gasteiger partial charge in [0.25, 0.3) is 10.0 Å². The smallest absolute Gasteiger partial charge is 0.262 e. The SMILES string of the molecule is Cc1nc(S(=O)(=O)N2CCc3nc4ncc(-c5cnn(C)c5)cc4cc3C2)cn1C. The van der Waals surface area contributed by atoms with Crippen LogP contribution in [-0.4, -0.2) is 48.6 Å². The van der Waals surface area contributed by atoms with Crippen LogP contribution in [0.2, 0.25) is 0 Å². The van der Waals surface area contributed by atoms with E-state index < -0.39 is 10.0 Å². The molecular weight excluding hydrogens is 402 g/mol. The summed E-state index contributed by atoms with van der Waals surface area (Å²) in [5.41, 5.74) is 4.38. The Bertz CT molecular complexity index is 1370. The van der Waals surface area contributed by atoms with Gasteiger partial charge < -0.3 is 4.57 Å². The molecule has 1 aliphatic rings. The van der Waals surface area contributed by atoms with E-state index in [2.05, 4.69) is 15.1 Å². The summed E-state index contributed by atoms with van der Waals surface area (Å²) in [6.07, 6.45) is 7.61. The Morgan fingerprint density at radius 2 is 1.87 bits per heavy atom. The van der Waals surface area contributed by atoms with E-state index in [1.54, 1.807) is 41.8 Å². The standard InChI is InChI=1S/C20H21N7O2S/c1-13-23-19(12-25(13)2)30(28,29)27-5-4-18-16(11-27)7-14-6-15(8-21-20(14)24-18)17-9-22-26(3)10-17/h6-10,12H,4-5,11H2,1-3H3. The van der Waals surface area contributed by atoms with Crippen molar-refractivity contribution in [2.45, 2.75) is 24.9 Å². The fourth-order valence-electron chi connectivity index (χ4n) is 3.71. The molecule has 5 rings (SSSR count). The Hall–Kier alpha value is -3.11. The van der Waals surface area contributed by atoms with Crippen LogP contribution in [0.15, 0.2) is 41.9 Å². The van der Waals surface area contributed by atoms with Gasteiger partial charge in [0.1, 0.15) is 5.82 Å². The van der Waals surface area contributed by atoms with Crippen molar-refractivity contribution in [2.24, 2.45) is 14.1 Å². The molecule has 30 heavy (non-hydrogen) atoms. The molecule has 10 heteroatoms. The average Bonchev–Trinajstić information content (AvgIpc) is 3.31. The van der Waals surface area contributed by atoms with E-state index in [1.807, 2.05) is 25.4 Å². The molecule has 0 atom stereocenters. The first-order valence-electron chi connectivity index (χ1n) is 9.59. The van der Waals surface area contributed by atoms with Crippen molar-refractivity contribution < 1.29 is 8.42 Å². The van der Waals surface area contributed by atoms with E-state index in [-0.39, 0.29) is 11.6 Å². The first kappa shape index (κ1) is 18.9. The van der Waals surface area contributed by atoms with Gasteiger partial charge in [0.2, 0.25) is 0 Å². The first-order chi connectivity index (χ1) is 14.3. The average molecular weight is 424 g/mol. The van der Waals surface area contributed by atoms with Crippen molar-refractivity contribution in [3.05, 3.63) is 54.0 Å². The highest BCUT2D eigenvalue weighted by atomic mass is 32.2. The van der Waals surface area contributed by atoms with E-state index in [9.17, 15) is 8.42 Å². The largest absolute Gasteiger partial charge is 0.337 e. The molecule has 0 fully saturated rings. The van der Waals surface area contributed by atoms with Crippen molar-refractivity contribution in [3.63, 3.8) is 0 Å². The summed E-state index contributed by atoms with van der Waals surface area (Å²) >= 11 is 0. The Morgan fingerprint density at radius 3 is 2.57 bits per heavy atom. The topological polar surface area (TPSA) is 98.8 Å². The van der Waals surface area contributed by atoms with Gasteiger partial charge in [0.05, 0.1) is 6.20 Å². The molecule has 1 aliphatic heterocycles. The summed E-state index contributed by atoms with van der Waals surface area (Å²) in [7, 11) is -0.00459. The molecule has 0 amide bonds. The second-order valence-electron chi connectivity index (χ2n) is 7.59. The van der Waals surface area contributed by atoms with Crippen LogP contribution < -0.4 is 0 Å². The van der Waals surface area contributed by atoms with Gasteiger partial charge >= 0.3 is 0 Å². The monoisotopic (exact) mass is 423 g/mol. The van der Waals surface area contributed by atoms with Gasteiger partial charge in [-0.1, -0.05) is 0 Å². The molecule has 4 aromatic rings.